The maximum absolute atomic E-state index is 13.9. The van der Waals surface area contributed by atoms with Gasteiger partial charge in [0, 0.05) is 19.1 Å². The Morgan fingerprint density at radius 1 is 1.18 bits per heavy atom. The molecule has 2 N–H and O–H groups in total. The van der Waals surface area contributed by atoms with Gasteiger partial charge in [0.1, 0.15) is 5.82 Å². The first-order chi connectivity index (χ1) is 10.6. The molecule has 0 spiro atoms. The van der Waals surface area contributed by atoms with Gasteiger partial charge in [0.25, 0.3) is 5.91 Å². The van der Waals surface area contributed by atoms with Gasteiger partial charge in [-0.1, -0.05) is 42.5 Å². The molecule has 0 bridgehead atoms. The quantitative estimate of drug-likeness (QED) is 0.861. The largest absolute Gasteiger partial charge is 0.396 e. The van der Waals surface area contributed by atoms with E-state index >= 15 is 0 Å². The van der Waals surface area contributed by atoms with Gasteiger partial charge in [-0.15, -0.1) is 0 Å². The smallest absolute Gasteiger partial charge is 0.254 e. The van der Waals surface area contributed by atoms with Crippen LogP contribution in [0.25, 0.3) is 0 Å². The minimum Gasteiger partial charge on any atom is -0.396 e. The summed E-state index contributed by atoms with van der Waals surface area (Å²) in [6, 6.07) is 14.4. The van der Waals surface area contributed by atoms with E-state index in [9.17, 15) is 14.3 Å². The van der Waals surface area contributed by atoms with E-state index in [0.29, 0.717) is 18.5 Å². The lowest BCUT2D eigenvalue weighted by molar-refractivity contribution is 0.0945. The van der Waals surface area contributed by atoms with Gasteiger partial charge in [-0.3, -0.25) is 4.79 Å². The highest BCUT2D eigenvalue weighted by Crippen LogP contribution is 2.19. The molecular formula is C18H20FNO2. The molecular weight excluding hydrogens is 281 g/mol. The lowest BCUT2D eigenvalue weighted by atomic mass is 9.96. The molecule has 2 aromatic carbocycles. The first kappa shape index (κ1) is 16.2. The number of amides is 1. The van der Waals surface area contributed by atoms with E-state index in [1.165, 1.54) is 6.07 Å². The number of carbonyl (C=O) groups excluding carboxylic acids is 1. The molecule has 0 aliphatic rings. The number of rotatable bonds is 6. The minimum absolute atomic E-state index is 0.00280. The number of hydrogen-bond donors (Lipinski definition) is 2. The van der Waals surface area contributed by atoms with Crippen molar-refractivity contribution >= 4 is 5.91 Å². The van der Waals surface area contributed by atoms with E-state index in [2.05, 4.69) is 5.32 Å². The topological polar surface area (TPSA) is 49.3 Å². The maximum atomic E-state index is 13.9. The summed E-state index contributed by atoms with van der Waals surface area (Å²) in [6.07, 6.45) is 0.542. The first-order valence-corrected chi connectivity index (χ1v) is 7.32. The molecule has 1 atom stereocenters. The van der Waals surface area contributed by atoms with Crippen molar-refractivity contribution in [2.24, 2.45) is 0 Å². The highest BCUT2D eigenvalue weighted by molar-refractivity contribution is 5.94. The van der Waals surface area contributed by atoms with Crippen LogP contribution in [0.5, 0.6) is 0 Å². The average molecular weight is 301 g/mol. The number of halogens is 1. The predicted molar refractivity (Wildman–Crippen MR) is 84.4 cm³/mol. The van der Waals surface area contributed by atoms with Crippen LogP contribution in [0.4, 0.5) is 4.39 Å². The Kier molecular flexibility index (Phi) is 5.67. The average Bonchev–Trinajstić information content (AvgIpc) is 2.54. The number of aliphatic hydroxyl groups excluding tert-OH is 1. The standard InChI is InChI=1S/C18H20FNO2/c1-13-6-5-9-16(17(13)19)18(22)20-12-15(10-11-21)14-7-3-2-4-8-14/h2-9,15,21H,10-12H2,1H3,(H,20,22). The van der Waals surface area contributed by atoms with E-state index in [1.54, 1.807) is 19.1 Å². The summed E-state index contributed by atoms with van der Waals surface area (Å²) in [4.78, 5) is 12.1. The van der Waals surface area contributed by atoms with Crippen molar-refractivity contribution in [3.8, 4) is 0 Å². The highest BCUT2D eigenvalue weighted by atomic mass is 19.1. The molecule has 0 aliphatic heterocycles. The predicted octanol–water partition coefficient (Wildman–Crippen LogP) is 3.03. The summed E-state index contributed by atoms with van der Waals surface area (Å²) in [5.41, 5.74) is 1.54. The zero-order chi connectivity index (χ0) is 15.9. The van der Waals surface area contributed by atoms with E-state index in [4.69, 9.17) is 0 Å². The number of aliphatic hydroxyl groups is 1. The van der Waals surface area contributed by atoms with Crippen LogP contribution in [0.3, 0.4) is 0 Å². The van der Waals surface area contributed by atoms with E-state index in [1.807, 2.05) is 30.3 Å². The Balaban J connectivity index is 2.06. The number of benzene rings is 2. The van der Waals surface area contributed by atoms with Gasteiger partial charge in [0.15, 0.2) is 0 Å². The molecule has 116 valence electrons. The molecule has 2 aromatic rings. The number of hydrogen-bond acceptors (Lipinski definition) is 2. The summed E-state index contributed by atoms with van der Waals surface area (Å²) in [5.74, 6) is -0.915. The molecule has 0 radical (unpaired) electrons. The van der Waals surface area contributed by atoms with Crippen LogP contribution >= 0.6 is 0 Å². The Hall–Kier alpha value is -2.20. The Morgan fingerprint density at radius 2 is 1.91 bits per heavy atom. The molecule has 0 aromatic heterocycles. The van der Waals surface area contributed by atoms with Gasteiger partial charge in [0.2, 0.25) is 0 Å². The summed E-state index contributed by atoms with van der Waals surface area (Å²) in [7, 11) is 0. The normalized spacial score (nSPS) is 12.0. The second-order valence-electron chi connectivity index (χ2n) is 5.27. The minimum atomic E-state index is -0.488. The lowest BCUT2D eigenvalue weighted by Gasteiger charge is -2.17. The maximum Gasteiger partial charge on any atom is 0.254 e. The van der Waals surface area contributed by atoms with Crippen LogP contribution in [0.1, 0.15) is 33.8 Å². The van der Waals surface area contributed by atoms with Crippen molar-refractivity contribution in [2.45, 2.75) is 19.3 Å². The van der Waals surface area contributed by atoms with Gasteiger partial charge in [-0.25, -0.2) is 4.39 Å². The Labute approximate surface area is 129 Å². The summed E-state index contributed by atoms with van der Waals surface area (Å²) >= 11 is 0. The zero-order valence-corrected chi connectivity index (χ0v) is 12.6. The van der Waals surface area contributed by atoms with Crippen LogP contribution in [0.15, 0.2) is 48.5 Å². The van der Waals surface area contributed by atoms with Gasteiger partial charge in [0.05, 0.1) is 5.56 Å². The molecule has 0 aliphatic carbocycles. The van der Waals surface area contributed by atoms with Crippen LogP contribution < -0.4 is 5.32 Å². The zero-order valence-electron chi connectivity index (χ0n) is 12.6. The SMILES string of the molecule is Cc1cccc(C(=O)NCC(CCO)c2ccccc2)c1F. The van der Waals surface area contributed by atoms with Crippen molar-refractivity contribution < 1.29 is 14.3 Å². The third-order valence-electron chi connectivity index (χ3n) is 3.69. The Morgan fingerprint density at radius 3 is 2.59 bits per heavy atom. The summed E-state index contributed by atoms with van der Waals surface area (Å²) in [6.45, 7) is 2.02. The van der Waals surface area contributed by atoms with Gasteiger partial charge in [-0.05, 0) is 30.5 Å². The Bertz CT molecular complexity index is 628. The summed E-state index contributed by atoms with van der Waals surface area (Å²) in [5, 5.41) is 11.9. The van der Waals surface area contributed by atoms with Crippen molar-refractivity contribution in [2.75, 3.05) is 13.2 Å². The van der Waals surface area contributed by atoms with E-state index < -0.39 is 11.7 Å². The summed E-state index contributed by atoms with van der Waals surface area (Å²) < 4.78 is 13.9. The molecule has 3 nitrogen and oxygen atoms in total. The van der Waals surface area contributed by atoms with Gasteiger partial charge in [-0.2, -0.15) is 0 Å². The molecule has 4 heteroatoms. The molecule has 0 fully saturated rings. The first-order valence-electron chi connectivity index (χ1n) is 7.32. The molecule has 2 rings (SSSR count). The van der Waals surface area contributed by atoms with Gasteiger partial charge >= 0.3 is 0 Å². The fourth-order valence-corrected chi connectivity index (χ4v) is 2.40. The van der Waals surface area contributed by atoms with Crippen LogP contribution in [0.2, 0.25) is 0 Å². The molecule has 1 unspecified atom stereocenters. The van der Waals surface area contributed by atoms with E-state index in [0.717, 1.165) is 5.56 Å². The highest BCUT2D eigenvalue weighted by Gasteiger charge is 2.16. The van der Waals surface area contributed by atoms with Crippen molar-refractivity contribution in [1.29, 1.82) is 0 Å². The van der Waals surface area contributed by atoms with Gasteiger partial charge < -0.3 is 10.4 Å². The van der Waals surface area contributed by atoms with Crippen LogP contribution in [-0.2, 0) is 0 Å². The third kappa shape index (κ3) is 3.92. The van der Waals surface area contributed by atoms with E-state index in [-0.39, 0.29) is 18.1 Å². The molecule has 0 heterocycles. The molecule has 22 heavy (non-hydrogen) atoms. The molecule has 1 amide bonds. The number of carbonyl (C=O) groups is 1. The van der Waals surface area contributed by atoms with Crippen molar-refractivity contribution in [3.63, 3.8) is 0 Å². The fraction of sp³-hybridized carbons (Fsp3) is 0.278. The van der Waals surface area contributed by atoms with Crippen LogP contribution in [0, 0.1) is 12.7 Å². The van der Waals surface area contributed by atoms with Crippen LogP contribution in [-0.4, -0.2) is 24.2 Å². The van der Waals surface area contributed by atoms with Crippen molar-refractivity contribution in [1.82, 2.24) is 5.32 Å². The molecule has 0 saturated carbocycles. The second-order valence-corrected chi connectivity index (χ2v) is 5.27. The number of aryl methyl sites for hydroxylation is 1. The number of nitrogens with one attached hydrogen (secondary N) is 1. The monoisotopic (exact) mass is 301 g/mol. The third-order valence-corrected chi connectivity index (χ3v) is 3.69. The molecule has 0 saturated heterocycles. The van der Waals surface area contributed by atoms with Crippen molar-refractivity contribution in [3.05, 3.63) is 71.0 Å². The fourth-order valence-electron chi connectivity index (χ4n) is 2.40. The second kappa shape index (κ2) is 7.71. The lowest BCUT2D eigenvalue weighted by Crippen LogP contribution is -2.29.